The molecule has 12 heteroatoms. The van der Waals surface area contributed by atoms with Gasteiger partial charge in [-0.25, -0.2) is 17.8 Å². The lowest BCUT2D eigenvalue weighted by atomic mass is 9.74. The average molecular weight is 704 g/mol. The molecule has 4 fully saturated rings. The van der Waals surface area contributed by atoms with Gasteiger partial charge in [0.05, 0.1) is 29.6 Å². The van der Waals surface area contributed by atoms with Gasteiger partial charge in [0.25, 0.3) is 5.91 Å². The highest BCUT2D eigenvalue weighted by Gasteiger charge is 2.51. The van der Waals surface area contributed by atoms with Gasteiger partial charge < -0.3 is 24.2 Å². The Morgan fingerprint density at radius 3 is 2.28 bits per heavy atom. The average Bonchev–Trinajstić information content (AvgIpc) is 3.37. The number of esters is 1. The molecule has 0 radical (unpaired) electrons. The zero-order valence-electron chi connectivity index (χ0n) is 27.8. The number of nitrogens with one attached hydrogen (secondary N) is 1. The first-order chi connectivity index (χ1) is 24.0. The fourth-order valence-electron chi connectivity index (χ4n) is 7.90. The fraction of sp³-hybridized carbons (Fsp3) is 0.395. The number of rotatable bonds is 7. The molecule has 8 rings (SSSR count). The molecule has 1 aromatic heterocycles. The number of amides is 1. The van der Waals surface area contributed by atoms with E-state index in [1.165, 1.54) is 18.2 Å². The van der Waals surface area contributed by atoms with Crippen LogP contribution in [0.25, 0.3) is 10.8 Å². The number of phenolic OH excluding ortho intramolecular Hbond substituents is 1. The molecule has 3 aromatic carbocycles. The van der Waals surface area contributed by atoms with Crippen LogP contribution in [0.3, 0.4) is 0 Å². The quantitative estimate of drug-likeness (QED) is 0.102. The highest BCUT2D eigenvalue weighted by Crippen LogP contribution is 2.42. The van der Waals surface area contributed by atoms with Crippen molar-refractivity contribution in [2.75, 3.05) is 31.5 Å². The van der Waals surface area contributed by atoms with Crippen LogP contribution in [0.1, 0.15) is 56.9 Å². The molecule has 1 saturated carbocycles. The SMILES string of the molecule is O=C(C[N+]12CCC(CC1)[C@@H](OC(=O)C1(c3ccccc3)CCCCCC1)C2)Nc1ccc(F)cn1.O=S(=O)([O-])c1ccc2ccccc2c1O. The van der Waals surface area contributed by atoms with E-state index in [-0.39, 0.29) is 18.0 Å². The highest BCUT2D eigenvalue weighted by molar-refractivity contribution is 7.85. The second-order valence-corrected chi connectivity index (χ2v) is 15.1. The van der Waals surface area contributed by atoms with Gasteiger partial charge in [0.15, 0.2) is 12.6 Å². The number of ether oxygens (including phenoxy) is 1. The van der Waals surface area contributed by atoms with Gasteiger partial charge in [-0.15, -0.1) is 0 Å². The van der Waals surface area contributed by atoms with Crippen molar-refractivity contribution in [3.05, 3.63) is 96.4 Å². The molecule has 2 N–H and O–H groups in total. The predicted octanol–water partition coefficient (Wildman–Crippen LogP) is 6.05. The lowest BCUT2D eigenvalue weighted by Crippen LogP contribution is -2.66. The molecule has 2 bridgehead atoms. The Balaban J connectivity index is 0.000000240. The molecule has 1 atom stereocenters. The van der Waals surface area contributed by atoms with Gasteiger partial charge in [-0.3, -0.25) is 9.59 Å². The summed E-state index contributed by atoms with van der Waals surface area (Å²) in [6, 6.07) is 22.2. The number of quaternary nitrogens is 1. The van der Waals surface area contributed by atoms with Crippen molar-refractivity contribution < 1.29 is 41.3 Å². The van der Waals surface area contributed by atoms with Crippen molar-refractivity contribution in [3.63, 3.8) is 0 Å². The summed E-state index contributed by atoms with van der Waals surface area (Å²) < 4.78 is 52.5. The van der Waals surface area contributed by atoms with Crippen LogP contribution in [0.15, 0.2) is 90.0 Å². The molecule has 0 unspecified atom stereocenters. The summed E-state index contributed by atoms with van der Waals surface area (Å²) in [6.45, 7) is 2.80. The fourth-order valence-corrected chi connectivity index (χ4v) is 8.48. The maximum Gasteiger partial charge on any atom is 0.317 e. The van der Waals surface area contributed by atoms with Gasteiger partial charge >= 0.3 is 5.97 Å². The molecule has 10 nitrogen and oxygen atoms in total. The number of piperidine rings is 3. The zero-order chi connectivity index (χ0) is 35.4. The van der Waals surface area contributed by atoms with Crippen LogP contribution in [0.2, 0.25) is 0 Å². The van der Waals surface area contributed by atoms with Crippen LogP contribution in [0.5, 0.6) is 5.75 Å². The van der Waals surface area contributed by atoms with E-state index in [1.54, 1.807) is 24.3 Å². The molecule has 264 valence electrons. The Morgan fingerprint density at radius 1 is 0.940 bits per heavy atom. The maximum absolute atomic E-state index is 13.9. The van der Waals surface area contributed by atoms with Crippen molar-refractivity contribution in [2.24, 2.45) is 5.92 Å². The minimum Gasteiger partial charge on any atom is -0.744 e. The Hall–Kier alpha value is -4.39. The molecule has 1 amide bonds. The number of carbonyl (C=O) groups is 2. The van der Waals surface area contributed by atoms with E-state index in [0.29, 0.717) is 40.1 Å². The van der Waals surface area contributed by atoms with Crippen LogP contribution in [0, 0.1) is 11.7 Å². The lowest BCUT2D eigenvalue weighted by molar-refractivity contribution is -0.939. The normalized spacial score (nSPS) is 22.8. The van der Waals surface area contributed by atoms with Gasteiger partial charge in [-0.2, -0.15) is 0 Å². The molecule has 0 spiro atoms. The first kappa shape index (κ1) is 35.4. The minimum atomic E-state index is -4.62. The van der Waals surface area contributed by atoms with Crippen molar-refractivity contribution in [2.45, 2.75) is 67.8 Å². The van der Waals surface area contributed by atoms with E-state index in [2.05, 4.69) is 22.4 Å². The van der Waals surface area contributed by atoms with E-state index in [9.17, 15) is 32.1 Å². The summed E-state index contributed by atoms with van der Waals surface area (Å²) in [5, 5.41) is 13.4. The summed E-state index contributed by atoms with van der Waals surface area (Å²) in [5.74, 6) is -0.429. The minimum absolute atomic E-state index is 0.0811. The lowest BCUT2D eigenvalue weighted by Gasteiger charge is -2.52. The number of fused-ring (bicyclic) bond motifs is 4. The monoisotopic (exact) mass is 703 g/mol. The molecule has 3 saturated heterocycles. The molecule has 4 aromatic rings. The van der Waals surface area contributed by atoms with E-state index in [1.807, 2.05) is 18.2 Å². The number of pyridine rings is 1. The van der Waals surface area contributed by atoms with Crippen LogP contribution < -0.4 is 5.32 Å². The zero-order valence-corrected chi connectivity index (χ0v) is 28.6. The Kier molecular flexibility index (Phi) is 10.5. The van der Waals surface area contributed by atoms with Crippen LogP contribution in [-0.2, 0) is 29.9 Å². The first-order valence-electron chi connectivity index (χ1n) is 17.2. The number of hydrogen-bond donors (Lipinski definition) is 2. The number of nitrogens with zero attached hydrogens (tertiary/aromatic N) is 2. The van der Waals surface area contributed by atoms with Gasteiger partial charge in [-0.05, 0) is 42.0 Å². The third kappa shape index (κ3) is 7.82. The maximum atomic E-state index is 13.9. The second kappa shape index (κ2) is 14.8. The van der Waals surface area contributed by atoms with E-state index < -0.39 is 32.0 Å². The summed E-state index contributed by atoms with van der Waals surface area (Å²) in [4.78, 5) is 30.0. The Bertz CT molecular complexity index is 1920. The number of anilines is 1. The van der Waals surface area contributed by atoms with E-state index >= 15 is 0 Å². The number of phenols is 1. The number of hydrogen-bond acceptors (Lipinski definition) is 8. The number of halogens is 1. The number of carbonyl (C=O) groups excluding carboxylic acids is 2. The summed E-state index contributed by atoms with van der Waals surface area (Å²) in [5.41, 5.74) is 0.503. The number of aromatic nitrogens is 1. The molecular formula is C38H42FN3O7S. The van der Waals surface area contributed by atoms with Crippen LogP contribution in [-0.4, -0.2) is 71.7 Å². The number of benzene rings is 3. The van der Waals surface area contributed by atoms with Gasteiger partial charge in [0.1, 0.15) is 34.0 Å². The largest absolute Gasteiger partial charge is 0.744 e. The van der Waals surface area contributed by atoms with E-state index in [4.69, 9.17) is 4.74 Å². The standard InChI is InChI=1S/C28H34FN3O3.C10H8O4S/c29-23-10-11-25(30-18-23)31-26(33)20-32-16-12-21(13-17-32)24(19-32)35-27(34)28(14-6-1-2-7-15-28)22-8-4-3-5-9-22;11-10-8-4-2-1-3-7(8)5-6-9(10)15(12,13)14/h3-5,8-11,18,21,24H,1-2,6-7,12-17,19-20H2;1-6,11H,(H,12,13,14)/t21?,24-,32?;/m0./s1. The van der Waals surface area contributed by atoms with Crippen LogP contribution in [0.4, 0.5) is 10.2 Å². The van der Waals surface area contributed by atoms with Crippen molar-refractivity contribution in [1.82, 2.24) is 4.98 Å². The summed E-state index contributed by atoms with van der Waals surface area (Å²) in [6.07, 6.45) is 8.91. The highest BCUT2D eigenvalue weighted by atomic mass is 32.2. The molecule has 4 heterocycles. The molecular weight excluding hydrogens is 661 g/mol. The van der Waals surface area contributed by atoms with Gasteiger partial charge in [0.2, 0.25) is 0 Å². The topological polar surface area (TPSA) is 146 Å². The molecule has 4 aliphatic rings. The smallest absolute Gasteiger partial charge is 0.317 e. The molecule has 1 aliphatic carbocycles. The first-order valence-corrected chi connectivity index (χ1v) is 18.6. The predicted molar refractivity (Wildman–Crippen MR) is 185 cm³/mol. The van der Waals surface area contributed by atoms with Crippen LogP contribution >= 0.6 is 0 Å². The van der Waals surface area contributed by atoms with Gasteiger partial charge in [0, 0.05) is 24.1 Å². The summed E-state index contributed by atoms with van der Waals surface area (Å²) in [7, 11) is -4.62. The number of aromatic hydroxyl groups is 1. The third-order valence-electron chi connectivity index (χ3n) is 10.6. The molecule has 50 heavy (non-hydrogen) atoms. The van der Waals surface area contributed by atoms with Crippen molar-refractivity contribution in [3.8, 4) is 5.75 Å². The van der Waals surface area contributed by atoms with E-state index in [0.717, 1.165) is 82.3 Å². The Labute approximate surface area is 291 Å². The summed E-state index contributed by atoms with van der Waals surface area (Å²) >= 11 is 0. The molecule has 3 aliphatic heterocycles. The van der Waals surface area contributed by atoms with Crippen molar-refractivity contribution >= 4 is 38.6 Å². The third-order valence-corrected chi connectivity index (χ3v) is 11.4. The van der Waals surface area contributed by atoms with Crippen molar-refractivity contribution in [1.29, 1.82) is 0 Å². The van der Waals surface area contributed by atoms with Gasteiger partial charge in [-0.1, -0.05) is 86.3 Å². The second-order valence-electron chi connectivity index (χ2n) is 13.8. The Morgan fingerprint density at radius 2 is 1.62 bits per heavy atom.